The average molecular weight is 475 g/mol. The number of carboxylic acids is 1. The average Bonchev–Trinajstić information content (AvgIpc) is 3.14. The molecule has 9 heteroatoms. The van der Waals surface area contributed by atoms with Crippen LogP contribution in [-0.2, 0) is 9.53 Å². The maximum atomic E-state index is 15.1. The summed E-state index contributed by atoms with van der Waals surface area (Å²) in [7, 11) is 0. The number of hydrogen-bond acceptors (Lipinski definition) is 3. The third-order valence-corrected chi connectivity index (χ3v) is 6.84. The van der Waals surface area contributed by atoms with Crippen LogP contribution in [0.25, 0.3) is 0 Å². The van der Waals surface area contributed by atoms with Gasteiger partial charge in [-0.1, -0.05) is 38.8 Å². The molecule has 7 atom stereocenters. The molecule has 1 saturated heterocycles. The van der Waals surface area contributed by atoms with Gasteiger partial charge in [0.1, 0.15) is 11.9 Å². The van der Waals surface area contributed by atoms with Crippen molar-refractivity contribution in [2.75, 3.05) is 0 Å². The molecule has 0 amide bonds. The van der Waals surface area contributed by atoms with Gasteiger partial charge in [-0.15, -0.1) is 0 Å². The third-order valence-electron chi connectivity index (χ3n) is 6.84. The Labute approximate surface area is 211 Å². The Bertz CT molecular complexity index is 688. The SMILES string of the molecule is CCCCC(C)([C@H](O)/C=C/[C@@H]1[C@H]2C(F)/C(=C/CCCC(=O)O)O[C@H]2C[C@H]1C)C(F)(F)F.[H-].[Na+]. The largest absolute Gasteiger partial charge is 1.00 e. The smallest absolute Gasteiger partial charge is 1.00 e. The van der Waals surface area contributed by atoms with Crippen LogP contribution in [0.1, 0.15) is 67.1 Å². The van der Waals surface area contributed by atoms with Gasteiger partial charge in [-0.05, 0) is 50.5 Å². The molecule has 2 N–H and O–H groups in total. The van der Waals surface area contributed by atoms with Crippen LogP contribution in [0.15, 0.2) is 24.0 Å². The van der Waals surface area contributed by atoms with Crippen molar-refractivity contribution < 1.29 is 68.3 Å². The molecule has 1 aliphatic heterocycles. The molecule has 180 valence electrons. The second kappa shape index (κ2) is 12.2. The number of fused-ring (bicyclic) bond motifs is 1. The molecule has 0 radical (unpaired) electrons. The van der Waals surface area contributed by atoms with E-state index in [0.29, 0.717) is 32.1 Å². The van der Waals surface area contributed by atoms with E-state index in [2.05, 4.69) is 0 Å². The number of hydrogen-bond donors (Lipinski definition) is 2. The maximum absolute atomic E-state index is 15.1. The van der Waals surface area contributed by atoms with Crippen LogP contribution in [0.5, 0.6) is 0 Å². The normalized spacial score (nSPS) is 31.8. The van der Waals surface area contributed by atoms with Gasteiger partial charge in [0.05, 0.1) is 11.5 Å². The first kappa shape index (κ1) is 29.5. The van der Waals surface area contributed by atoms with Gasteiger partial charge in [0, 0.05) is 12.3 Å². The maximum Gasteiger partial charge on any atom is 1.00 e. The summed E-state index contributed by atoms with van der Waals surface area (Å²) in [6, 6.07) is 0. The van der Waals surface area contributed by atoms with Crippen LogP contribution in [-0.4, -0.2) is 40.7 Å². The summed E-state index contributed by atoms with van der Waals surface area (Å²) in [5, 5.41) is 19.1. The molecule has 0 aromatic heterocycles. The predicted octanol–water partition coefficient (Wildman–Crippen LogP) is 2.93. The first-order valence-electron chi connectivity index (χ1n) is 11.1. The summed E-state index contributed by atoms with van der Waals surface area (Å²) in [6.45, 7) is 4.74. The van der Waals surface area contributed by atoms with E-state index in [4.69, 9.17) is 9.84 Å². The number of allylic oxidation sites excluding steroid dienone is 3. The first-order chi connectivity index (χ1) is 14.4. The molecule has 0 aromatic carbocycles. The molecule has 32 heavy (non-hydrogen) atoms. The molecule has 2 rings (SSSR count). The zero-order chi connectivity index (χ0) is 23.4. The Balaban J connectivity index is 0.00000512. The Morgan fingerprint density at radius 2 is 2.00 bits per heavy atom. The van der Waals surface area contributed by atoms with Crippen molar-refractivity contribution in [3.05, 3.63) is 24.0 Å². The summed E-state index contributed by atoms with van der Waals surface area (Å²) in [4.78, 5) is 10.6. The van der Waals surface area contributed by atoms with Gasteiger partial charge in [-0.2, -0.15) is 13.2 Å². The number of ether oxygens (including phenoxy) is 1. The standard InChI is InChI=1S/C23H34F4O4.Na.H/c1-4-5-12-22(3,23(25,26)27)18(28)11-10-15-14(2)13-17-20(15)21(24)16(31-17)8-6-7-9-19(29)30;;/h8,10-11,14-15,17-18,20-21,28H,4-7,9,12-13H2,1-3H3,(H,29,30);;/q;+1;-1/b11-10+,16-8-;;/t14-,15+,17+,18-,20-,21?,22?;;/m1../s1. The van der Waals surface area contributed by atoms with E-state index in [1.54, 1.807) is 19.1 Å². The number of carboxylic acid groups (broad SMARTS) is 1. The molecular weight excluding hydrogens is 439 g/mol. The minimum atomic E-state index is -4.55. The molecule has 0 bridgehead atoms. The van der Waals surface area contributed by atoms with Gasteiger partial charge in [0.25, 0.3) is 0 Å². The molecular formula is C23H35F4NaO4. The van der Waals surface area contributed by atoms with Crippen molar-refractivity contribution >= 4 is 5.97 Å². The summed E-state index contributed by atoms with van der Waals surface area (Å²) in [5.41, 5.74) is -2.25. The van der Waals surface area contributed by atoms with E-state index in [1.165, 1.54) is 6.08 Å². The number of rotatable bonds is 10. The number of alkyl halides is 4. The van der Waals surface area contributed by atoms with Gasteiger partial charge in [0.2, 0.25) is 0 Å². The Kier molecular flexibility index (Phi) is 11.3. The molecule has 1 aliphatic carbocycles. The fourth-order valence-electron chi connectivity index (χ4n) is 4.67. The van der Waals surface area contributed by atoms with Gasteiger partial charge in [-0.3, -0.25) is 4.79 Å². The van der Waals surface area contributed by atoms with Gasteiger partial charge in [-0.25, -0.2) is 4.39 Å². The molecule has 0 aromatic rings. The molecule has 2 aliphatic rings. The van der Waals surface area contributed by atoms with Gasteiger partial charge >= 0.3 is 41.7 Å². The zero-order valence-corrected chi connectivity index (χ0v) is 21.4. The molecule has 1 heterocycles. The third kappa shape index (κ3) is 6.73. The molecule has 0 spiro atoms. The van der Waals surface area contributed by atoms with Crippen LogP contribution in [0.3, 0.4) is 0 Å². The van der Waals surface area contributed by atoms with Gasteiger partial charge < -0.3 is 16.4 Å². The van der Waals surface area contributed by atoms with Crippen molar-refractivity contribution in [3.63, 3.8) is 0 Å². The Hall–Kier alpha value is -0.570. The van der Waals surface area contributed by atoms with Crippen molar-refractivity contribution in [1.29, 1.82) is 0 Å². The van der Waals surface area contributed by atoms with Gasteiger partial charge in [0.15, 0.2) is 6.17 Å². The van der Waals surface area contributed by atoms with Crippen molar-refractivity contribution in [3.8, 4) is 0 Å². The van der Waals surface area contributed by atoms with Crippen LogP contribution in [0, 0.1) is 23.2 Å². The number of halogens is 4. The van der Waals surface area contributed by atoms with Crippen LogP contribution in [0.2, 0.25) is 0 Å². The summed E-state index contributed by atoms with van der Waals surface area (Å²) >= 11 is 0. The van der Waals surface area contributed by atoms with Crippen molar-refractivity contribution in [1.82, 2.24) is 0 Å². The van der Waals surface area contributed by atoms with Crippen LogP contribution < -0.4 is 29.6 Å². The van der Waals surface area contributed by atoms with E-state index in [-0.39, 0.29) is 67.5 Å². The Morgan fingerprint density at radius 3 is 2.56 bits per heavy atom. The quantitative estimate of drug-likeness (QED) is 0.221. The second-order valence-corrected chi connectivity index (χ2v) is 9.17. The Morgan fingerprint density at radius 1 is 1.34 bits per heavy atom. The first-order valence-corrected chi connectivity index (χ1v) is 11.1. The monoisotopic (exact) mass is 474 g/mol. The minimum Gasteiger partial charge on any atom is -1.00 e. The number of aliphatic carboxylic acids is 1. The molecule has 2 unspecified atom stereocenters. The number of aliphatic hydroxyl groups is 1. The van der Waals surface area contributed by atoms with E-state index in [0.717, 1.165) is 6.92 Å². The second-order valence-electron chi connectivity index (χ2n) is 9.17. The number of unbranched alkanes of at least 4 members (excludes halogenated alkanes) is 2. The van der Waals surface area contributed by atoms with Crippen LogP contribution in [0.4, 0.5) is 17.6 Å². The molecule has 2 fully saturated rings. The number of aliphatic hydroxyl groups excluding tert-OH is 1. The molecule has 1 saturated carbocycles. The van der Waals surface area contributed by atoms with E-state index in [1.807, 2.05) is 6.92 Å². The fraction of sp³-hybridized carbons (Fsp3) is 0.783. The fourth-order valence-corrected chi connectivity index (χ4v) is 4.67. The van der Waals surface area contributed by atoms with E-state index < -0.39 is 35.8 Å². The summed E-state index contributed by atoms with van der Waals surface area (Å²) < 4.78 is 61.8. The zero-order valence-electron chi connectivity index (χ0n) is 20.4. The van der Waals surface area contributed by atoms with Crippen molar-refractivity contribution in [2.24, 2.45) is 23.2 Å². The van der Waals surface area contributed by atoms with Crippen LogP contribution >= 0.6 is 0 Å². The topological polar surface area (TPSA) is 66.8 Å². The number of carbonyl (C=O) groups is 1. The van der Waals surface area contributed by atoms with Crippen molar-refractivity contribution in [2.45, 2.75) is 90.3 Å². The van der Waals surface area contributed by atoms with E-state index in [9.17, 15) is 23.1 Å². The molecule has 4 nitrogen and oxygen atoms in total. The minimum absolute atomic E-state index is 0. The van der Waals surface area contributed by atoms with E-state index >= 15 is 4.39 Å². The summed E-state index contributed by atoms with van der Waals surface area (Å²) in [6.07, 6.45) is -1.61. The summed E-state index contributed by atoms with van der Waals surface area (Å²) in [5.74, 6) is -1.57. The predicted molar refractivity (Wildman–Crippen MR) is 110 cm³/mol.